The molecule has 0 atom stereocenters. The Hall–Kier alpha value is -2.93. The van der Waals surface area contributed by atoms with Crippen molar-refractivity contribution in [2.24, 2.45) is 5.10 Å². The number of hydrogen-bond donors (Lipinski definition) is 2. The number of non-ortho nitro benzene ring substituents is 1. The van der Waals surface area contributed by atoms with Gasteiger partial charge in [0.05, 0.1) is 23.4 Å². The van der Waals surface area contributed by atoms with E-state index in [2.05, 4.69) is 10.5 Å². The summed E-state index contributed by atoms with van der Waals surface area (Å²) >= 11 is 0. The molecule has 0 unspecified atom stereocenters. The number of nitro groups is 1. The summed E-state index contributed by atoms with van der Waals surface area (Å²) in [7, 11) is -4.06. The molecule has 2 aromatic carbocycles. The van der Waals surface area contributed by atoms with Gasteiger partial charge in [0.1, 0.15) is 10.7 Å². The number of aliphatic hydroxyl groups is 1. The second-order valence-electron chi connectivity index (χ2n) is 6.80. The normalized spacial score (nSPS) is 15.9. The molecule has 0 aromatic heterocycles. The molecular weight excluding hydrogens is 429 g/mol. The maximum Gasteiger partial charge on any atom is 0.270 e. The molecule has 12 heteroatoms. The number of aliphatic hydroxyl groups excluding tert-OH is 1. The van der Waals surface area contributed by atoms with Crippen molar-refractivity contribution in [1.29, 1.82) is 0 Å². The van der Waals surface area contributed by atoms with Crippen molar-refractivity contribution in [3.63, 3.8) is 0 Å². The van der Waals surface area contributed by atoms with Crippen molar-refractivity contribution in [2.45, 2.75) is 4.90 Å². The van der Waals surface area contributed by atoms with E-state index in [1.54, 1.807) is 6.07 Å². The average molecular weight is 451 g/mol. The molecule has 1 aliphatic heterocycles. The van der Waals surface area contributed by atoms with Gasteiger partial charge in [0.15, 0.2) is 0 Å². The first-order valence-electron chi connectivity index (χ1n) is 9.48. The van der Waals surface area contributed by atoms with Crippen LogP contribution in [0.4, 0.5) is 15.8 Å². The van der Waals surface area contributed by atoms with Gasteiger partial charge in [-0.1, -0.05) is 18.2 Å². The minimum atomic E-state index is -4.06. The van der Waals surface area contributed by atoms with Crippen LogP contribution in [0.3, 0.4) is 0 Å². The summed E-state index contributed by atoms with van der Waals surface area (Å²) in [5, 5.41) is 24.1. The van der Waals surface area contributed by atoms with Crippen molar-refractivity contribution in [2.75, 3.05) is 44.8 Å². The Labute approximate surface area is 178 Å². The van der Waals surface area contributed by atoms with E-state index in [-0.39, 0.29) is 41.5 Å². The maximum atomic E-state index is 13.7. The third-order valence-corrected chi connectivity index (χ3v) is 6.77. The number of nitro benzene ring substituents is 1. The zero-order chi connectivity index (χ0) is 22.4. The lowest BCUT2D eigenvalue weighted by Gasteiger charge is -2.33. The molecule has 0 saturated carbocycles. The average Bonchev–Trinajstić information content (AvgIpc) is 2.75. The van der Waals surface area contributed by atoms with Gasteiger partial charge in [0.25, 0.3) is 5.69 Å². The molecule has 0 radical (unpaired) electrons. The van der Waals surface area contributed by atoms with Gasteiger partial charge in [-0.15, -0.1) is 0 Å². The van der Waals surface area contributed by atoms with Crippen molar-refractivity contribution in [3.05, 3.63) is 64.0 Å². The van der Waals surface area contributed by atoms with Gasteiger partial charge in [-0.25, -0.2) is 12.8 Å². The van der Waals surface area contributed by atoms with Crippen LogP contribution in [-0.2, 0) is 10.0 Å². The Balaban J connectivity index is 1.88. The standard InChI is InChI=1S/C19H22FN5O5S/c20-17-4-2-1-3-15(17)14-21-22-18-6-5-16(25(27)28)13-19(18)31(29,30)24-9-7-23(8-10-24)11-12-26/h1-6,13-14,22,26H,7-12H2/b21-14-. The first kappa shape index (κ1) is 22.7. The van der Waals surface area contributed by atoms with Gasteiger partial charge >= 0.3 is 0 Å². The fraction of sp³-hybridized carbons (Fsp3) is 0.316. The van der Waals surface area contributed by atoms with Gasteiger partial charge in [0.2, 0.25) is 10.0 Å². The Bertz CT molecular complexity index is 1070. The highest BCUT2D eigenvalue weighted by molar-refractivity contribution is 7.89. The van der Waals surface area contributed by atoms with Crippen molar-refractivity contribution < 1.29 is 22.8 Å². The van der Waals surface area contributed by atoms with E-state index >= 15 is 0 Å². The molecule has 1 aliphatic rings. The first-order chi connectivity index (χ1) is 14.8. The fourth-order valence-electron chi connectivity index (χ4n) is 3.16. The highest BCUT2D eigenvalue weighted by atomic mass is 32.2. The molecule has 0 bridgehead atoms. The summed E-state index contributed by atoms with van der Waals surface area (Å²) in [4.78, 5) is 12.2. The van der Waals surface area contributed by atoms with Crippen molar-refractivity contribution in [3.8, 4) is 0 Å². The summed E-state index contributed by atoms with van der Waals surface area (Å²) in [6.45, 7) is 1.66. The molecule has 1 saturated heterocycles. The lowest BCUT2D eigenvalue weighted by molar-refractivity contribution is -0.385. The van der Waals surface area contributed by atoms with Gasteiger partial charge < -0.3 is 5.11 Å². The predicted octanol–water partition coefficient (Wildman–Crippen LogP) is 1.48. The van der Waals surface area contributed by atoms with Gasteiger partial charge in [-0.3, -0.25) is 20.4 Å². The van der Waals surface area contributed by atoms with Gasteiger partial charge in [-0.2, -0.15) is 9.41 Å². The van der Waals surface area contributed by atoms with Crippen LogP contribution in [-0.4, -0.2) is 73.2 Å². The highest BCUT2D eigenvalue weighted by Gasteiger charge is 2.31. The number of benzene rings is 2. The third-order valence-electron chi connectivity index (χ3n) is 4.84. The topological polar surface area (TPSA) is 128 Å². The Kier molecular flexibility index (Phi) is 7.28. The summed E-state index contributed by atoms with van der Waals surface area (Å²) in [6.07, 6.45) is 1.20. The molecule has 1 heterocycles. The molecule has 2 N–H and O–H groups in total. The van der Waals surface area contributed by atoms with Crippen molar-refractivity contribution in [1.82, 2.24) is 9.21 Å². The molecule has 1 fully saturated rings. The Morgan fingerprint density at radius 3 is 2.55 bits per heavy atom. The number of rotatable bonds is 8. The fourth-order valence-corrected chi connectivity index (χ4v) is 4.74. The third kappa shape index (κ3) is 5.41. The van der Waals surface area contributed by atoms with E-state index < -0.39 is 20.8 Å². The molecule has 31 heavy (non-hydrogen) atoms. The minimum Gasteiger partial charge on any atom is -0.395 e. The molecule has 166 valence electrons. The van der Waals surface area contributed by atoms with E-state index in [0.29, 0.717) is 19.6 Å². The second-order valence-corrected chi connectivity index (χ2v) is 8.70. The summed E-state index contributed by atoms with van der Waals surface area (Å²) in [5.41, 5.74) is 2.42. The summed E-state index contributed by atoms with van der Waals surface area (Å²) in [5.74, 6) is -0.495. The largest absolute Gasteiger partial charge is 0.395 e. The van der Waals surface area contributed by atoms with E-state index in [1.165, 1.54) is 40.9 Å². The van der Waals surface area contributed by atoms with Crippen LogP contribution in [0, 0.1) is 15.9 Å². The number of piperazine rings is 1. The number of hydrogen-bond acceptors (Lipinski definition) is 8. The Morgan fingerprint density at radius 2 is 1.90 bits per heavy atom. The van der Waals surface area contributed by atoms with E-state index in [9.17, 15) is 22.9 Å². The van der Waals surface area contributed by atoms with Crippen LogP contribution in [0.15, 0.2) is 52.5 Å². The number of sulfonamides is 1. The van der Waals surface area contributed by atoms with Gasteiger partial charge in [0, 0.05) is 50.4 Å². The molecule has 10 nitrogen and oxygen atoms in total. The quantitative estimate of drug-likeness (QED) is 0.353. The number of halogens is 1. The van der Waals surface area contributed by atoms with Crippen LogP contribution in [0.2, 0.25) is 0 Å². The molecule has 3 rings (SSSR count). The molecule has 0 aliphatic carbocycles. The number of nitrogens with zero attached hydrogens (tertiary/aromatic N) is 4. The van der Waals surface area contributed by atoms with Crippen LogP contribution in [0.25, 0.3) is 0 Å². The predicted molar refractivity (Wildman–Crippen MR) is 113 cm³/mol. The number of hydrazone groups is 1. The van der Waals surface area contributed by atoms with Gasteiger partial charge in [-0.05, 0) is 12.1 Å². The smallest absolute Gasteiger partial charge is 0.270 e. The summed E-state index contributed by atoms with van der Waals surface area (Å²) in [6, 6.07) is 9.32. The molecule has 0 spiro atoms. The molecule has 0 amide bonds. The zero-order valence-corrected chi connectivity index (χ0v) is 17.3. The lowest BCUT2D eigenvalue weighted by Crippen LogP contribution is -2.49. The van der Waals surface area contributed by atoms with Crippen LogP contribution < -0.4 is 5.43 Å². The SMILES string of the molecule is O=[N+]([O-])c1ccc(N/N=C\c2ccccc2F)c(S(=O)(=O)N2CCN(CCO)CC2)c1. The maximum absolute atomic E-state index is 13.7. The van der Waals surface area contributed by atoms with E-state index in [4.69, 9.17) is 5.11 Å². The molecular formula is C19H22FN5O5S. The van der Waals surface area contributed by atoms with Crippen LogP contribution in [0.1, 0.15) is 5.56 Å². The zero-order valence-electron chi connectivity index (χ0n) is 16.5. The second kappa shape index (κ2) is 9.92. The number of β-amino-alcohol motifs (C(OH)–C–C–N with tert-alkyl or cyclic N) is 1. The Morgan fingerprint density at radius 1 is 1.19 bits per heavy atom. The first-order valence-corrected chi connectivity index (χ1v) is 10.9. The summed E-state index contributed by atoms with van der Waals surface area (Å²) < 4.78 is 41.4. The number of nitrogens with one attached hydrogen (secondary N) is 1. The molecule has 2 aromatic rings. The minimum absolute atomic E-state index is 0.0221. The number of anilines is 1. The lowest BCUT2D eigenvalue weighted by atomic mass is 10.2. The highest BCUT2D eigenvalue weighted by Crippen LogP contribution is 2.29. The van der Waals surface area contributed by atoms with E-state index in [0.717, 1.165) is 6.07 Å². The van der Waals surface area contributed by atoms with Crippen LogP contribution >= 0.6 is 0 Å². The van der Waals surface area contributed by atoms with Crippen LogP contribution in [0.5, 0.6) is 0 Å². The van der Waals surface area contributed by atoms with E-state index in [1.807, 2.05) is 4.90 Å². The monoisotopic (exact) mass is 451 g/mol. The van der Waals surface area contributed by atoms with Crippen molar-refractivity contribution >= 4 is 27.6 Å².